The van der Waals surface area contributed by atoms with Crippen molar-refractivity contribution in [2.45, 2.75) is 375 Å². The number of hydrogen-bond acceptors (Lipinski definition) is 23. The van der Waals surface area contributed by atoms with Crippen LogP contribution < -0.4 is 0 Å². The van der Waals surface area contributed by atoms with E-state index in [0.29, 0.717) is 19.3 Å². The average Bonchev–Trinajstić information content (AvgIpc) is 0.764. The Hall–Kier alpha value is -2.56. The minimum absolute atomic E-state index is 0.00810. The van der Waals surface area contributed by atoms with Gasteiger partial charge in [-0.2, -0.15) is 0 Å². The Morgan fingerprint density at radius 2 is 0.737 bits per heavy atom. The Morgan fingerprint density at radius 3 is 1.16 bits per heavy atom. The highest BCUT2D eigenvalue weighted by Crippen LogP contribution is 2.49. The molecule has 2 aliphatic heterocycles. The smallest absolute Gasteiger partial charge is 0.463 e. The number of allylic oxidation sites excluding steroid dienone is 4. The number of ether oxygens (including phenoxy) is 7. The molecule has 556 valence electrons. The summed E-state index contributed by atoms with van der Waals surface area (Å²) in [7, 11) is -5.69. The highest BCUT2D eigenvalue weighted by Gasteiger charge is 2.58. The first-order valence-corrected chi connectivity index (χ1v) is 38.1. The monoisotopic (exact) mass is 1380 g/mol. The van der Waals surface area contributed by atoms with Crippen LogP contribution in [0.1, 0.15) is 271 Å². The quantitative estimate of drug-likeness (QED) is 0.00887. The molecule has 3 rings (SSSR count). The third kappa shape index (κ3) is 36.1. The minimum atomic E-state index is -5.69. The zero-order chi connectivity index (χ0) is 69.6. The van der Waals surface area contributed by atoms with Crippen LogP contribution in [0.5, 0.6) is 0 Å². The number of hydrogen-bond donors (Lipinski definition) is 11. The van der Waals surface area contributed by atoms with Gasteiger partial charge in [-0.1, -0.05) is 206 Å². The zero-order valence-corrected chi connectivity index (χ0v) is 58.6. The summed E-state index contributed by atoms with van der Waals surface area (Å²) >= 11 is 0. The zero-order valence-electron chi connectivity index (χ0n) is 57.7. The summed E-state index contributed by atoms with van der Waals surface area (Å²) < 4.78 is 64.9. The maximum absolute atomic E-state index is 14.3. The van der Waals surface area contributed by atoms with Gasteiger partial charge in [0.05, 0.1) is 13.2 Å². The average molecular weight is 1380 g/mol. The fourth-order valence-corrected chi connectivity index (χ4v) is 12.9. The summed E-state index contributed by atoms with van der Waals surface area (Å²) in [6.07, 6.45) is 11.2. The van der Waals surface area contributed by atoms with E-state index >= 15 is 0 Å². The molecule has 0 aromatic heterocycles. The minimum Gasteiger partial charge on any atom is -0.463 e. The highest BCUT2D eigenvalue weighted by molar-refractivity contribution is 7.47. The van der Waals surface area contributed by atoms with E-state index in [2.05, 4.69) is 45.1 Å². The van der Waals surface area contributed by atoms with Crippen molar-refractivity contribution in [1.29, 1.82) is 0 Å². The molecule has 24 nitrogen and oxygen atoms in total. The van der Waals surface area contributed by atoms with E-state index in [1.807, 2.05) is 0 Å². The first kappa shape index (κ1) is 86.7. The van der Waals surface area contributed by atoms with Crippen molar-refractivity contribution in [2.75, 3.05) is 26.4 Å². The van der Waals surface area contributed by atoms with Gasteiger partial charge in [0.15, 0.2) is 18.7 Å². The first-order chi connectivity index (χ1) is 45.8. The number of rotatable bonds is 56. The van der Waals surface area contributed by atoms with Crippen LogP contribution in [0.25, 0.3) is 0 Å². The molecule has 2 heterocycles. The van der Waals surface area contributed by atoms with Gasteiger partial charge in [0, 0.05) is 19.3 Å². The summed E-state index contributed by atoms with van der Waals surface area (Å²) in [5.41, 5.74) is 0. The number of phosphoric acid groups is 1. The number of aliphatic hydroxyl groups excluding tert-OH is 10. The van der Waals surface area contributed by atoms with Crippen LogP contribution in [0, 0.1) is 0 Å². The fraction of sp³-hybridized carbons (Fsp3) is 0.900. The molecule has 11 N–H and O–H groups in total. The maximum Gasteiger partial charge on any atom is 0.472 e. The lowest BCUT2D eigenvalue weighted by atomic mass is 9.84. The molecular formula is C70H127O24P. The van der Waals surface area contributed by atoms with E-state index in [4.69, 9.17) is 42.2 Å². The lowest BCUT2D eigenvalue weighted by Gasteiger charge is -2.49. The molecule has 25 heteroatoms. The molecule has 0 amide bonds. The molecule has 1 saturated carbocycles. The van der Waals surface area contributed by atoms with Crippen molar-refractivity contribution in [1.82, 2.24) is 0 Å². The number of aliphatic hydroxyl groups is 10. The topological polar surface area (TPSA) is 374 Å². The molecule has 0 aromatic rings. The number of carbonyl (C=O) groups excluding carboxylic acids is 3. The first-order valence-electron chi connectivity index (χ1n) is 36.6. The van der Waals surface area contributed by atoms with Crippen LogP contribution in [0.4, 0.5) is 0 Å². The lowest BCUT2D eigenvalue weighted by Crippen LogP contribution is -2.69. The van der Waals surface area contributed by atoms with Crippen molar-refractivity contribution in [2.24, 2.45) is 0 Å². The normalized spacial score (nSPS) is 28.2. The van der Waals surface area contributed by atoms with E-state index in [1.54, 1.807) is 0 Å². The summed E-state index contributed by atoms with van der Waals surface area (Å²) in [6.45, 7) is 3.39. The Balaban J connectivity index is 1.75. The van der Waals surface area contributed by atoms with Crippen LogP contribution in [-0.2, 0) is 61.2 Å². The van der Waals surface area contributed by atoms with Gasteiger partial charge in [-0.3, -0.25) is 23.4 Å². The van der Waals surface area contributed by atoms with Crippen molar-refractivity contribution in [3.63, 3.8) is 0 Å². The van der Waals surface area contributed by atoms with Gasteiger partial charge in [-0.05, 0) is 70.6 Å². The van der Waals surface area contributed by atoms with E-state index in [1.165, 1.54) is 96.3 Å². The summed E-state index contributed by atoms with van der Waals surface area (Å²) in [6, 6.07) is 0. The van der Waals surface area contributed by atoms with Crippen LogP contribution >= 0.6 is 7.82 Å². The predicted molar refractivity (Wildman–Crippen MR) is 356 cm³/mol. The highest BCUT2D eigenvalue weighted by atomic mass is 31.2. The Labute approximate surface area is 566 Å². The van der Waals surface area contributed by atoms with E-state index in [0.717, 1.165) is 116 Å². The molecule has 95 heavy (non-hydrogen) atoms. The lowest BCUT2D eigenvalue weighted by molar-refractivity contribution is -0.360. The molecule has 0 spiro atoms. The number of phosphoric ester groups is 1. The number of carbonyl (C=O) groups is 3. The van der Waals surface area contributed by atoms with E-state index in [9.17, 15) is 74.9 Å². The number of esters is 3. The Morgan fingerprint density at radius 1 is 0.400 bits per heavy atom. The predicted octanol–water partition coefficient (Wildman–Crippen LogP) is 9.35. The molecule has 18 atom stereocenters. The van der Waals surface area contributed by atoms with Gasteiger partial charge in [-0.15, -0.1) is 0 Å². The van der Waals surface area contributed by atoms with Gasteiger partial charge in [0.1, 0.15) is 98.7 Å². The third-order valence-corrected chi connectivity index (χ3v) is 18.9. The van der Waals surface area contributed by atoms with Gasteiger partial charge in [-0.25, -0.2) is 4.57 Å². The van der Waals surface area contributed by atoms with Crippen LogP contribution in [0.2, 0.25) is 0 Å². The van der Waals surface area contributed by atoms with Crippen molar-refractivity contribution >= 4 is 25.7 Å². The summed E-state index contributed by atoms with van der Waals surface area (Å²) in [5, 5.41) is 110. The van der Waals surface area contributed by atoms with Gasteiger partial charge in [0.2, 0.25) is 0 Å². The van der Waals surface area contributed by atoms with Gasteiger partial charge < -0.3 is 89.1 Å². The fourth-order valence-electron chi connectivity index (χ4n) is 11.9. The van der Waals surface area contributed by atoms with Crippen LogP contribution in [0.3, 0.4) is 0 Å². The molecular weight excluding hydrogens is 1260 g/mol. The van der Waals surface area contributed by atoms with Gasteiger partial charge in [0.25, 0.3) is 0 Å². The van der Waals surface area contributed by atoms with Crippen molar-refractivity contribution in [3.8, 4) is 0 Å². The van der Waals surface area contributed by atoms with Crippen molar-refractivity contribution in [3.05, 3.63) is 24.3 Å². The third-order valence-electron chi connectivity index (χ3n) is 18.0. The SMILES string of the molecule is CCCCCC/C=C\CCCCCCCCCC(=O)OCC(COP(=O)(O)OC1C(OC2OC(CO)C(O)C(O)C2O)C(O)C(O)C(O)C1OC1OC(COC(=O)CCCCC/C=C\CCCCCCCC)C(O)C(O)C1O)OC(=O)CCCCCCCCCCCCCC. The van der Waals surface area contributed by atoms with Crippen LogP contribution in [-0.4, -0.2) is 204 Å². The van der Waals surface area contributed by atoms with Crippen LogP contribution in [0.15, 0.2) is 24.3 Å². The molecule has 0 aromatic carbocycles. The Kier molecular flexibility index (Phi) is 47.8. The molecule has 3 aliphatic rings. The molecule has 0 radical (unpaired) electrons. The second-order valence-electron chi connectivity index (χ2n) is 26.3. The Bertz CT molecular complexity index is 2070. The van der Waals surface area contributed by atoms with Crippen molar-refractivity contribution < 1.29 is 117 Å². The number of unbranched alkanes of at least 4 members (excludes halogenated alkanes) is 31. The molecule has 1 aliphatic carbocycles. The summed E-state index contributed by atoms with van der Waals surface area (Å²) in [5.74, 6) is -2.01. The van der Waals surface area contributed by atoms with E-state index < -0.39 is 156 Å². The standard InChI is InChI=1S/C70H127O24P/c1-4-7-10-13-16-19-22-25-26-28-31-32-35-38-41-44-54(72)86-48-51(89-56(74)46-43-40-37-34-29-24-21-18-15-12-9-6-3)49-88-95(84,85)94-68-66(92-69-64(82)59(77)57(75)52(47-71)90-69)62(80)61(79)63(81)67(68)93-70-65(83)60(78)58(76)53(91-70)50-87-55(73)45-42-39-36-33-30-27-23-20-17-14-11-8-5-2/h19,22,27,30,51-53,57-71,75-83H,4-18,20-21,23-26,28-29,31-50H2,1-3H3,(H,84,85)/b22-19-,30-27-. The van der Waals surface area contributed by atoms with E-state index in [-0.39, 0.29) is 19.3 Å². The molecule has 18 unspecified atom stereocenters. The summed E-state index contributed by atoms with van der Waals surface area (Å²) in [4.78, 5) is 50.9. The molecule has 0 bridgehead atoms. The van der Waals surface area contributed by atoms with Gasteiger partial charge >= 0.3 is 25.7 Å². The molecule has 3 fully saturated rings. The molecule has 2 saturated heterocycles. The second-order valence-corrected chi connectivity index (χ2v) is 27.7. The second kappa shape index (κ2) is 52.4. The largest absolute Gasteiger partial charge is 0.472 e. The maximum atomic E-state index is 14.3.